The first-order valence-corrected chi connectivity index (χ1v) is 10.1. The zero-order valence-electron chi connectivity index (χ0n) is 17.8. The Balaban J connectivity index is 1.44. The molecule has 162 valence electrons. The van der Waals surface area contributed by atoms with E-state index in [9.17, 15) is 9.59 Å². The van der Waals surface area contributed by atoms with Gasteiger partial charge in [-0.3, -0.25) is 14.0 Å². The van der Waals surface area contributed by atoms with Crippen LogP contribution in [-0.4, -0.2) is 33.3 Å². The van der Waals surface area contributed by atoms with Gasteiger partial charge in [-0.05, 0) is 35.9 Å². The number of ether oxygens (including phenoxy) is 1. The van der Waals surface area contributed by atoms with E-state index in [1.165, 1.54) is 6.92 Å². The SMILES string of the molecule is COc1ccc(C(CC(=O)Nc2ccc(-c3cn4cccnc4n3)cc2)NC(C)=O)cc1. The van der Waals surface area contributed by atoms with Crippen LogP contribution < -0.4 is 15.4 Å². The van der Waals surface area contributed by atoms with Crippen molar-refractivity contribution in [1.82, 2.24) is 19.7 Å². The number of hydrogen-bond acceptors (Lipinski definition) is 5. The predicted octanol–water partition coefficient (Wildman–Crippen LogP) is 3.61. The second kappa shape index (κ2) is 9.30. The first kappa shape index (κ1) is 21.0. The van der Waals surface area contributed by atoms with Crippen LogP contribution in [0.2, 0.25) is 0 Å². The number of carbonyl (C=O) groups excluding carboxylic acids is 2. The molecular weight excluding hydrogens is 406 g/mol. The van der Waals surface area contributed by atoms with Crippen molar-refractivity contribution in [3.05, 3.63) is 78.8 Å². The van der Waals surface area contributed by atoms with E-state index in [0.717, 1.165) is 16.8 Å². The van der Waals surface area contributed by atoms with E-state index in [-0.39, 0.29) is 18.2 Å². The molecule has 8 nitrogen and oxygen atoms in total. The number of amides is 2. The van der Waals surface area contributed by atoms with Gasteiger partial charge in [0.2, 0.25) is 17.6 Å². The summed E-state index contributed by atoms with van der Waals surface area (Å²) in [5, 5.41) is 5.73. The molecule has 0 saturated heterocycles. The van der Waals surface area contributed by atoms with Crippen LogP contribution in [0, 0.1) is 0 Å². The van der Waals surface area contributed by atoms with Gasteiger partial charge in [0, 0.05) is 36.8 Å². The number of nitrogens with zero attached hydrogens (tertiary/aromatic N) is 3. The van der Waals surface area contributed by atoms with E-state index >= 15 is 0 Å². The van der Waals surface area contributed by atoms with E-state index in [2.05, 4.69) is 20.6 Å². The molecule has 2 heterocycles. The second-order valence-electron chi connectivity index (χ2n) is 7.31. The summed E-state index contributed by atoms with van der Waals surface area (Å²) >= 11 is 0. The lowest BCUT2D eigenvalue weighted by molar-refractivity contribution is -0.120. The van der Waals surface area contributed by atoms with Gasteiger partial charge < -0.3 is 15.4 Å². The Morgan fingerprint density at radius 3 is 2.50 bits per heavy atom. The number of methoxy groups -OCH3 is 1. The Kier molecular flexibility index (Phi) is 6.12. The van der Waals surface area contributed by atoms with Crippen molar-refractivity contribution in [3.8, 4) is 17.0 Å². The van der Waals surface area contributed by atoms with Crippen LogP contribution in [0.5, 0.6) is 5.75 Å². The van der Waals surface area contributed by atoms with Gasteiger partial charge >= 0.3 is 0 Å². The van der Waals surface area contributed by atoms with Gasteiger partial charge in [-0.1, -0.05) is 24.3 Å². The molecule has 2 aromatic heterocycles. The molecular formula is C24H23N5O3. The average Bonchev–Trinajstić information content (AvgIpc) is 3.23. The molecule has 0 aliphatic heterocycles. The highest BCUT2D eigenvalue weighted by Crippen LogP contribution is 2.23. The normalized spacial score (nSPS) is 11.7. The zero-order chi connectivity index (χ0) is 22.5. The van der Waals surface area contributed by atoms with Crippen LogP contribution in [0.1, 0.15) is 24.9 Å². The molecule has 1 atom stereocenters. The highest BCUT2D eigenvalue weighted by atomic mass is 16.5. The van der Waals surface area contributed by atoms with Gasteiger partial charge in [-0.2, -0.15) is 0 Å². The summed E-state index contributed by atoms with van der Waals surface area (Å²) in [4.78, 5) is 33.0. The van der Waals surface area contributed by atoms with Gasteiger partial charge in [-0.25, -0.2) is 9.97 Å². The first-order chi connectivity index (χ1) is 15.5. The van der Waals surface area contributed by atoms with Crippen LogP contribution in [-0.2, 0) is 9.59 Å². The molecule has 32 heavy (non-hydrogen) atoms. The van der Waals surface area contributed by atoms with Crippen molar-refractivity contribution in [2.24, 2.45) is 0 Å². The Morgan fingerprint density at radius 1 is 1.09 bits per heavy atom. The molecule has 0 radical (unpaired) electrons. The van der Waals surface area contributed by atoms with Crippen LogP contribution in [0.25, 0.3) is 17.0 Å². The number of aromatic nitrogens is 3. The summed E-state index contributed by atoms with van der Waals surface area (Å²) < 4.78 is 7.03. The molecule has 0 saturated carbocycles. The highest BCUT2D eigenvalue weighted by molar-refractivity contribution is 5.91. The molecule has 4 aromatic rings. The minimum absolute atomic E-state index is 0.103. The van der Waals surface area contributed by atoms with Crippen molar-refractivity contribution in [2.45, 2.75) is 19.4 Å². The summed E-state index contributed by atoms with van der Waals surface area (Å²) in [6.45, 7) is 1.43. The lowest BCUT2D eigenvalue weighted by atomic mass is 10.0. The molecule has 1 unspecified atom stereocenters. The molecule has 8 heteroatoms. The third kappa shape index (κ3) is 4.92. The van der Waals surface area contributed by atoms with Gasteiger partial charge in [0.25, 0.3) is 0 Å². The van der Waals surface area contributed by atoms with E-state index in [4.69, 9.17) is 4.74 Å². The number of hydrogen-bond donors (Lipinski definition) is 2. The highest BCUT2D eigenvalue weighted by Gasteiger charge is 2.17. The predicted molar refractivity (Wildman–Crippen MR) is 121 cm³/mol. The number of nitrogens with one attached hydrogen (secondary N) is 2. The maximum atomic E-state index is 12.7. The number of imidazole rings is 1. The number of benzene rings is 2. The Hall–Kier alpha value is -4.20. The van der Waals surface area contributed by atoms with Gasteiger partial charge in [0.15, 0.2) is 0 Å². The van der Waals surface area contributed by atoms with Crippen LogP contribution in [0.3, 0.4) is 0 Å². The molecule has 0 aliphatic carbocycles. The second-order valence-corrected chi connectivity index (χ2v) is 7.31. The molecule has 0 aliphatic rings. The van der Waals surface area contributed by atoms with Gasteiger partial charge in [0.1, 0.15) is 5.75 Å². The molecule has 0 fully saturated rings. The van der Waals surface area contributed by atoms with Gasteiger partial charge in [0.05, 0.1) is 25.3 Å². The van der Waals surface area contributed by atoms with E-state index in [1.54, 1.807) is 25.4 Å². The topological polar surface area (TPSA) is 97.6 Å². The maximum absolute atomic E-state index is 12.7. The monoisotopic (exact) mass is 429 g/mol. The number of fused-ring (bicyclic) bond motifs is 1. The smallest absolute Gasteiger partial charge is 0.234 e. The Bertz CT molecular complexity index is 1200. The average molecular weight is 429 g/mol. The minimum atomic E-state index is -0.442. The van der Waals surface area contributed by atoms with Crippen LogP contribution in [0.4, 0.5) is 5.69 Å². The van der Waals surface area contributed by atoms with Gasteiger partial charge in [-0.15, -0.1) is 0 Å². The van der Waals surface area contributed by atoms with E-state index < -0.39 is 6.04 Å². The quantitative estimate of drug-likeness (QED) is 0.468. The number of carbonyl (C=O) groups is 2. The molecule has 2 amide bonds. The lowest BCUT2D eigenvalue weighted by Gasteiger charge is -2.18. The van der Waals surface area contributed by atoms with Crippen molar-refractivity contribution < 1.29 is 14.3 Å². The molecule has 0 bridgehead atoms. The molecule has 4 rings (SSSR count). The summed E-state index contributed by atoms with van der Waals surface area (Å²) in [5.41, 5.74) is 3.21. The van der Waals surface area contributed by atoms with Crippen molar-refractivity contribution in [3.63, 3.8) is 0 Å². The summed E-state index contributed by atoms with van der Waals surface area (Å²) in [7, 11) is 1.59. The van der Waals surface area contributed by atoms with Crippen molar-refractivity contribution >= 4 is 23.3 Å². The molecule has 2 aromatic carbocycles. The fourth-order valence-electron chi connectivity index (χ4n) is 3.42. The summed E-state index contributed by atoms with van der Waals surface area (Å²) in [6, 6.07) is 16.1. The third-order valence-corrected chi connectivity index (χ3v) is 4.99. The lowest BCUT2D eigenvalue weighted by Crippen LogP contribution is -2.29. The van der Waals surface area contributed by atoms with Crippen molar-refractivity contribution in [1.29, 1.82) is 0 Å². The number of anilines is 1. The Morgan fingerprint density at radius 2 is 1.84 bits per heavy atom. The minimum Gasteiger partial charge on any atom is -0.497 e. The van der Waals surface area contributed by atoms with Crippen LogP contribution >= 0.6 is 0 Å². The third-order valence-electron chi connectivity index (χ3n) is 4.99. The standard InChI is InChI=1S/C24H23N5O3/c1-16(30)26-21(17-6-10-20(32-2)11-7-17)14-23(31)27-19-8-4-18(5-9-19)22-15-29-13-3-12-25-24(29)28-22/h3-13,15,21H,14H2,1-2H3,(H,26,30)(H,27,31). The fourth-order valence-corrected chi connectivity index (χ4v) is 3.42. The maximum Gasteiger partial charge on any atom is 0.234 e. The summed E-state index contributed by atoms with van der Waals surface area (Å²) in [5.74, 6) is 0.929. The largest absolute Gasteiger partial charge is 0.497 e. The van der Waals surface area contributed by atoms with Crippen molar-refractivity contribution in [2.75, 3.05) is 12.4 Å². The first-order valence-electron chi connectivity index (χ1n) is 10.1. The number of rotatable bonds is 7. The zero-order valence-corrected chi connectivity index (χ0v) is 17.8. The molecule has 0 spiro atoms. The van der Waals surface area contributed by atoms with E-state index in [0.29, 0.717) is 17.2 Å². The van der Waals surface area contributed by atoms with Crippen LogP contribution in [0.15, 0.2) is 73.2 Å². The summed E-state index contributed by atoms with van der Waals surface area (Å²) in [6.07, 6.45) is 5.60. The Labute approximate surface area is 185 Å². The fraction of sp³-hybridized carbons (Fsp3) is 0.167. The van der Waals surface area contributed by atoms with E-state index in [1.807, 2.05) is 59.3 Å². The molecule has 2 N–H and O–H groups in total.